The van der Waals surface area contributed by atoms with Crippen LogP contribution in [0.2, 0.25) is 0 Å². The first-order valence-electron chi connectivity index (χ1n) is 20.3. The predicted molar refractivity (Wildman–Crippen MR) is 256 cm³/mol. The van der Waals surface area contributed by atoms with Gasteiger partial charge in [-0.05, 0) is 134 Å². The summed E-state index contributed by atoms with van der Waals surface area (Å²) >= 11 is 0. The average Bonchev–Trinajstić information content (AvgIpc) is 3.30. The molecule has 1 atom stereocenters. The van der Waals surface area contributed by atoms with E-state index < -0.39 is 68.4 Å². The zero-order valence-electron chi connectivity index (χ0n) is 36.5. The van der Waals surface area contributed by atoms with Crippen LogP contribution in [0.25, 0.3) is 0 Å². The number of ether oxygens (including phenoxy) is 3. The van der Waals surface area contributed by atoms with E-state index in [2.05, 4.69) is 0 Å². The first-order valence-corrected chi connectivity index (χ1v) is 26.8. The van der Waals surface area contributed by atoms with Crippen LogP contribution in [0, 0.1) is 6.92 Å². The lowest BCUT2D eigenvalue weighted by molar-refractivity contribution is 0.103. The Balaban J connectivity index is 1.22. The molecular weight excluding hydrogens is 972 g/mol. The second kappa shape index (κ2) is 19.3. The smallest absolute Gasteiger partial charge is 0.359 e. The van der Waals surface area contributed by atoms with Crippen molar-refractivity contribution in [2.24, 2.45) is 0 Å². The molecule has 0 aliphatic carbocycles. The summed E-state index contributed by atoms with van der Waals surface area (Å²) in [7, 11) is -18.8. The molecule has 7 aromatic rings. The normalized spacial score (nSPS) is 13.0. The number of aryl methyl sites for hydroxylation is 1. The highest BCUT2D eigenvalue weighted by molar-refractivity contribution is 7.61. The van der Waals surface area contributed by atoms with Gasteiger partial charge in [0.1, 0.15) is 39.4 Å². The lowest BCUT2D eigenvalue weighted by Gasteiger charge is -2.33. The van der Waals surface area contributed by atoms with Gasteiger partial charge >= 0.3 is 30.4 Å². The minimum Gasteiger partial charge on any atom is -0.496 e. The summed E-state index contributed by atoms with van der Waals surface area (Å²) in [5.41, 5.74) is 0.708. The molecule has 0 aromatic heterocycles. The van der Waals surface area contributed by atoms with Gasteiger partial charge in [0, 0.05) is 27.7 Å². The van der Waals surface area contributed by atoms with Crippen LogP contribution in [-0.4, -0.2) is 57.8 Å². The summed E-state index contributed by atoms with van der Waals surface area (Å²) in [6.45, 7) is 3.58. The lowest BCUT2D eigenvalue weighted by Crippen LogP contribution is -2.28. The zero-order valence-corrected chi connectivity index (χ0v) is 40.1. The molecule has 1 unspecified atom stereocenters. The summed E-state index contributed by atoms with van der Waals surface area (Å²) in [4.78, 5) is 108. The average molecular weight is 1010 g/mol. The van der Waals surface area contributed by atoms with Crippen molar-refractivity contribution in [2.45, 2.75) is 19.3 Å². The van der Waals surface area contributed by atoms with Crippen molar-refractivity contribution < 1.29 is 81.2 Å². The first-order chi connectivity index (χ1) is 32.3. The Morgan fingerprint density at radius 3 is 1.30 bits per heavy atom. The first kappa shape index (κ1) is 50.7. The third kappa shape index (κ3) is 11.2. The van der Waals surface area contributed by atoms with E-state index in [1.165, 1.54) is 79.9 Å². The molecule has 0 saturated carbocycles. The van der Waals surface area contributed by atoms with Crippen molar-refractivity contribution in [2.75, 3.05) is 7.11 Å². The number of ketones is 2. The van der Waals surface area contributed by atoms with E-state index in [-0.39, 0.29) is 51.2 Å². The van der Waals surface area contributed by atoms with Crippen LogP contribution in [-0.2, 0) is 23.7 Å². The van der Waals surface area contributed by atoms with Crippen LogP contribution in [0.3, 0.4) is 0 Å². The van der Waals surface area contributed by atoms with Crippen molar-refractivity contribution >= 4 is 63.2 Å². The highest BCUT2D eigenvalue weighted by Crippen LogP contribution is 2.47. The Hall–Kier alpha value is -6.12. The summed E-state index contributed by atoms with van der Waals surface area (Å²) in [6, 6.07) is 35.4. The van der Waals surface area contributed by atoms with Crippen LogP contribution in [0.15, 0.2) is 152 Å². The standard InChI is InChI=1S/C48H42O17P4/c1-29-4-6-30(7-5-29)46(49)31-8-18-38(19-9-31)65-42-24-15-35(27-45(42)69(60,61)62)48(2,34-14-23-41(63-3)44(26-34)68(57,58)59)33-12-20-37(21-13-33)64-36-16-10-32(11-17-36)47(50)40-28-39(66(51,52)53)22-25-43(40)67(54,55)56/h4-28H,1-3H3,(H2,51,52,53)(H2,54,55,56)(H2,57,58,59)(H2,60,61,62). The van der Waals surface area contributed by atoms with Crippen LogP contribution in [0.1, 0.15) is 61.0 Å². The second-order valence-corrected chi connectivity index (χ2v) is 22.2. The maximum absolute atomic E-state index is 13.4. The monoisotopic (exact) mass is 1010 g/mol. The summed E-state index contributed by atoms with van der Waals surface area (Å²) in [6.07, 6.45) is 0. The Bertz CT molecular complexity index is 3300. The molecule has 0 saturated heterocycles. The van der Waals surface area contributed by atoms with Gasteiger partial charge in [0.2, 0.25) is 0 Å². The van der Waals surface area contributed by atoms with Crippen molar-refractivity contribution in [1.29, 1.82) is 0 Å². The molecule has 0 amide bonds. The summed E-state index contributed by atoms with van der Waals surface area (Å²) in [5, 5.41) is -2.29. The molecule has 0 heterocycles. The van der Waals surface area contributed by atoms with Gasteiger partial charge in [-0.2, -0.15) is 0 Å². The number of methoxy groups -OCH3 is 1. The Morgan fingerprint density at radius 2 is 0.841 bits per heavy atom. The minimum absolute atomic E-state index is 0.0884. The van der Waals surface area contributed by atoms with E-state index in [1.54, 1.807) is 55.5 Å². The van der Waals surface area contributed by atoms with Crippen molar-refractivity contribution in [3.63, 3.8) is 0 Å². The molecular formula is C48H42O17P4. The van der Waals surface area contributed by atoms with Gasteiger partial charge in [-0.15, -0.1) is 0 Å². The third-order valence-electron chi connectivity index (χ3n) is 11.2. The molecule has 7 aromatic carbocycles. The third-order valence-corrected chi connectivity index (χ3v) is 15.2. The molecule has 21 heteroatoms. The van der Waals surface area contributed by atoms with Gasteiger partial charge in [0.05, 0.1) is 17.7 Å². The predicted octanol–water partition coefficient (Wildman–Crippen LogP) is 6.62. The molecule has 7 rings (SSSR count). The number of carbonyl (C=O) groups is 2. The summed E-state index contributed by atoms with van der Waals surface area (Å²) < 4.78 is 67.3. The van der Waals surface area contributed by atoms with Crippen molar-refractivity contribution in [1.82, 2.24) is 0 Å². The molecule has 0 bridgehead atoms. The topological polar surface area (TPSA) is 292 Å². The lowest BCUT2D eigenvalue weighted by atomic mass is 9.71. The highest BCUT2D eigenvalue weighted by atomic mass is 31.2. The fourth-order valence-electron chi connectivity index (χ4n) is 7.51. The van der Waals surface area contributed by atoms with E-state index in [0.717, 1.165) is 23.8 Å². The van der Waals surface area contributed by atoms with E-state index in [1.807, 2.05) is 19.1 Å². The van der Waals surface area contributed by atoms with Crippen LogP contribution in [0.5, 0.6) is 28.7 Å². The van der Waals surface area contributed by atoms with E-state index in [9.17, 15) is 67.0 Å². The van der Waals surface area contributed by atoms with Gasteiger partial charge in [0.25, 0.3) is 0 Å². The maximum Gasteiger partial charge on any atom is 0.359 e. The van der Waals surface area contributed by atoms with Crippen LogP contribution in [0.4, 0.5) is 0 Å². The fourth-order valence-corrected chi connectivity index (χ4v) is 10.3. The van der Waals surface area contributed by atoms with Crippen molar-refractivity contribution in [3.05, 3.63) is 196 Å². The molecule has 0 radical (unpaired) electrons. The molecule has 356 valence electrons. The second-order valence-electron chi connectivity index (χ2n) is 15.9. The van der Waals surface area contributed by atoms with Gasteiger partial charge in [-0.1, -0.05) is 54.1 Å². The number of hydrogen-bond acceptors (Lipinski definition) is 9. The van der Waals surface area contributed by atoms with Crippen molar-refractivity contribution in [3.8, 4) is 28.7 Å². The van der Waals surface area contributed by atoms with Gasteiger partial charge in [-0.25, -0.2) is 0 Å². The highest BCUT2D eigenvalue weighted by Gasteiger charge is 2.37. The van der Waals surface area contributed by atoms with Crippen LogP contribution >= 0.6 is 30.4 Å². The fraction of sp³-hybridized carbons (Fsp3) is 0.0833. The van der Waals surface area contributed by atoms with E-state index in [0.29, 0.717) is 16.7 Å². The SMILES string of the molecule is COc1ccc(C(C)(c2ccc(Oc3ccc(C(=O)c4cc(P(=O)(O)O)ccc4P(=O)(O)O)cc3)cc2)c2ccc(Oc3ccc(C(=O)c4ccc(C)cc4)cc3)c(P(=O)(O)O)c2)cc1P(=O)(O)O. The zero-order chi connectivity index (χ0) is 50.3. The molecule has 69 heavy (non-hydrogen) atoms. The minimum atomic E-state index is -5.11. The maximum atomic E-state index is 13.4. The van der Waals surface area contributed by atoms with Gasteiger partial charge < -0.3 is 53.4 Å². The largest absolute Gasteiger partial charge is 0.496 e. The molecule has 0 fully saturated rings. The molecule has 0 aliphatic heterocycles. The van der Waals surface area contributed by atoms with E-state index >= 15 is 0 Å². The van der Waals surface area contributed by atoms with Gasteiger partial charge in [0.15, 0.2) is 11.6 Å². The number of carbonyl (C=O) groups excluding carboxylic acids is 2. The number of hydrogen-bond donors (Lipinski definition) is 8. The Kier molecular flexibility index (Phi) is 14.2. The Morgan fingerprint density at radius 1 is 0.435 bits per heavy atom. The molecule has 8 N–H and O–H groups in total. The quantitative estimate of drug-likeness (QED) is 0.0287. The van der Waals surface area contributed by atoms with Crippen LogP contribution < -0.4 is 35.4 Å². The molecule has 0 aliphatic rings. The van der Waals surface area contributed by atoms with Gasteiger partial charge in [-0.3, -0.25) is 27.8 Å². The Labute approximate surface area is 394 Å². The number of benzene rings is 7. The summed E-state index contributed by atoms with van der Waals surface area (Å²) in [5.74, 6) is -0.866. The molecule has 0 spiro atoms. The van der Waals surface area contributed by atoms with E-state index in [4.69, 9.17) is 14.2 Å². The number of rotatable bonds is 16. The molecule has 17 nitrogen and oxygen atoms in total.